The molecule has 160 valence electrons. The zero-order valence-corrected chi connectivity index (χ0v) is 18.2. The number of benzene rings is 1. The molecule has 1 N–H and O–H groups in total. The molecule has 1 atom stereocenters. The van der Waals surface area contributed by atoms with E-state index in [-0.39, 0.29) is 23.3 Å². The van der Waals surface area contributed by atoms with Gasteiger partial charge in [0.1, 0.15) is 11.8 Å². The van der Waals surface area contributed by atoms with Crippen molar-refractivity contribution in [3.05, 3.63) is 29.8 Å². The molecule has 0 spiro atoms. The third-order valence-electron chi connectivity index (χ3n) is 5.80. The van der Waals surface area contributed by atoms with E-state index in [4.69, 9.17) is 4.74 Å². The fraction of sp³-hybridized carbons (Fsp3) is 0.667. The fourth-order valence-corrected chi connectivity index (χ4v) is 4.26. The van der Waals surface area contributed by atoms with Gasteiger partial charge in [0.05, 0.1) is 6.10 Å². The molecule has 0 radical (unpaired) electrons. The van der Waals surface area contributed by atoms with Gasteiger partial charge in [-0.15, -0.1) is 0 Å². The summed E-state index contributed by atoms with van der Waals surface area (Å²) in [5.74, 6) is 0.938. The zero-order chi connectivity index (χ0) is 20.9. The predicted molar refractivity (Wildman–Crippen MR) is 115 cm³/mol. The smallest absolute Gasteiger partial charge is 0.243 e. The quantitative estimate of drug-likeness (QED) is 0.768. The summed E-state index contributed by atoms with van der Waals surface area (Å²) < 4.78 is 6.07. The second-order valence-corrected chi connectivity index (χ2v) is 9.72. The molecule has 1 unspecified atom stereocenters. The first-order valence-corrected chi connectivity index (χ1v) is 11.1. The van der Waals surface area contributed by atoms with Gasteiger partial charge in [-0.3, -0.25) is 9.59 Å². The van der Waals surface area contributed by atoms with E-state index in [0.29, 0.717) is 25.6 Å². The maximum absolute atomic E-state index is 12.7. The number of carbonyl (C=O) groups is 2. The standard InChI is InChI=1S/C24H36N2O3/c1-24(2,3)16-22(27)26-15-7-10-21(26)23(28)25-17-18-11-13-20(14-12-18)29-19-8-5-4-6-9-19/h11-14,19,21H,4-10,15-17H2,1-3H3,(H,25,28). The lowest BCUT2D eigenvalue weighted by molar-refractivity contribution is -0.139. The molecular weight excluding hydrogens is 364 g/mol. The van der Waals surface area contributed by atoms with Crippen LogP contribution in [0.4, 0.5) is 0 Å². The third-order valence-corrected chi connectivity index (χ3v) is 5.80. The predicted octanol–water partition coefficient (Wildman–Crippen LogP) is 4.44. The molecule has 5 heteroatoms. The normalized spacial score (nSPS) is 20.5. The Bertz CT molecular complexity index is 687. The minimum atomic E-state index is -0.334. The van der Waals surface area contributed by atoms with Gasteiger partial charge in [-0.2, -0.15) is 0 Å². The minimum absolute atomic E-state index is 0.0488. The second kappa shape index (κ2) is 9.64. The van der Waals surface area contributed by atoms with Crippen LogP contribution in [0.5, 0.6) is 5.75 Å². The van der Waals surface area contributed by atoms with Crippen LogP contribution in [-0.4, -0.2) is 35.4 Å². The van der Waals surface area contributed by atoms with E-state index in [2.05, 4.69) is 26.1 Å². The van der Waals surface area contributed by atoms with E-state index < -0.39 is 0 Å². The molecule has 1 aromatic rings. The molecule has 2 amide bonds. The summed E-state index contributed by atoms with van der Waals surface area (Å²) in [5.41, 5.74) is 0.974. The van der Waals surface area contributed by atoms with Gasteiger partial charge in [0.2, 0.25) is 11.8 Å². The van der Waals surface area contributed by atoms with Crippen LogP contribution in [-0.2, 0) is 16.1 Å². The van der Waals surface area contributed by atoms with E-state index in [9.17, 15) is 9.59 Å². The summed E-state index contributed by atoms with van der Waals surface area (Å²) in [6, 6.07) is 7.67. The Balaban J connectivity index is 1.48. The van der Waals surface area contributed by atoms with Crippen molar-refractivity contribution in [2.24, 2.45) is 5.41 Å². The van der Waals surface area contributed by atoms with Crippen molar-refractivity contribution >= 4 is 11.8 Å². The van der Waals surface area contributed by atoms with E-state index in [0.717, 1.165) is 37.0 Å². The first kappa shape index (κ1) is 21.7. The van der Waals surface area contributed by atoms with Crippen LogP contribution in [0, 0.1) is 5.41 Å². The van der Waals surface area contributed by atoms with Crippen LogP contribution >= 0.6 is 0 Å². The molecular formula is C24H36N2O3. The average Bonchev–Trinajstić information content (AvgIpc) is 3.17. The summed E-state index contributed by atoms with van der Waals surface area (Å²) in [6.45, 7) is 7.31. The summed E-state index contributed by atoms with van der Waals surface area (Å²) in [4.78, 5) is 27.0. The van der Waals surface area contributed by atoms with Crippen molar-refractivity contribution in [2.45, 2.75) is 90.8 Å². The molecule has 3 rings (SSSR count). The Morgan fingerprint density at radius 1 is 1.03 bits per heavy atom. The SMILES string of the molecule is CC(C)(C)CC(=O)N1CCCC1C(=O)NCc1ccc(OC2CCCCC2)cc1. The van der Waals surface area contributed by atoms with E-state index >= 15 is 0 Å². The zero-order valence-electron chi connectivity index (χ0n) is 18.2. The van der Waals surface area contributed by atoms with Gasteiger partial charge < -0.3 is 15.0 Å². The first-order chi connectivity index (χ1) is 13.8. The lowest BCUT2D eigenvalue weighted by atomic mass is 9.91. The number of nitrogens with one attached hydrogen (secondary N) is 1. The molecule has 1 saturated carbocycles. The van der Waals surface area contributed by atoms with Crippen molar-refractivity contribution in [2.75, 3.05) is 6.54 Å². The number of carbonyl (C=O) groups excluding carboxylic acids is 2. The molecule has 1 saturated heterocycles. The lowest BCUT2D eigenvalue weighted by Gasteiger charge is -2.27. The molecule has 1 aliphatic heterocycles. The highest BCUT2D eigenvalue weighted by molar-refractivity contribution is 5.88. The number of amides is 2. The molecule has 2 fully saturated rings. The van der Waals surface area contributed by atoms with E-state index in [1.165, 1.54) is 19.3 Å². The molecule has 0 bridgehead atoms. The van der Waals surface area contributed by atoms with E-state index in [1.54, 1.807) is 4.90 Å². The van der Waals surface area contributed by atoms with Crippen molar-refractivity contribution in [1.29, 1.82) is 0 Å². The molecule has 1 aromatic carbocycles. The molecule has 2 aliphatic rings. The maximum atomic E-state index is 12.7. The van der Waals surface area contributed by atoms with Crippen LogP contribution < -0.4 is 10.1 Å². The van der Waals surface area contributed by atoms with Gasteiger partial charge in [-0.05, 0) is 61.6 Å². The maximum Gasteiger partial charge on any atom is 0.243 e. The van der Waals surface area contributed by atoms with Crippen LogP contribution in [0.1, 0.15) is 77.7 Å². The summed E-state index contributed by atoms with van der Waals surface area (Å²) in [5, 5.41) is 3.02. The van der Waals surface area contributed by atoms with Gasteiger partial charge >= 0.3 is 0 Å². The van der Waals surface area contributed by atoms with Crippen LogP contribution in [0.3, 0.4) is 0 Å². The van der Waals surface area contributed by atoms with Gasteiger partial charge in [-0.1, -0.05) is 39.3 Å². The average molecular weight is 401 g/mol. The lowest BCUT2D eigenvalue weighted by Crippen LogP contribution is -2.46. The fourth-order valence-electron chi connectivity index (χ4n) is 4.26. The van der Waals surface area contributed by atoms with Gasteiger partial charge in [0.25, 0.3) is 0 Å². The molecule has 29 heavy (non-hydrogen) atoms. The number of likely N-dealkylation sites (tertiary alicyclic amines) is 1. The van der Waals surface area contributed by atoms with Crippen LogP contribution in [0.25, 0.3) is 0 Å². The largest absolute Gasteiger partial charge is 0.490 e. The summed E-state index contributed by atoms with van der Waals surface area (Å²) >= 11 is 0. The van der Waals surface area contributed by atoms with Crippen LogP contribution in [0.15, 0.2) is 24.3 Å². The monoisotopic (exact) mass is 400 g/mol. The highest BCUT2D eigenvalue weighted by atomic mass is 16.5. The minimum Gasteiger partial charge on any atom is -0.490 e. The topological polar surface area (TPSA) is 58.6 Å². The Morgan fingerprint density at radius 2 is 1.72 bits per heavy atom. The Kier molecular flexibility index (Phi) is 7.20. The number of nitrogens with zero attached hydrogens (tertiary/aromatic N) is 1. The van der Waals surface area contributed by atoms with Crippen molar-refractivity contribution in [1.82, 2.24) is 10.2 Å². The molecule has 0 aromatic heterocycles. The number of hydrogen-bond donors (Lipinski definition) is 1. The van der Waals surface area contributed by atoms with Gasteiger partial charge in [-0.25, -0.2) is 0 Å². The highest BCUT2D eigenvalue weighted by Crippen LogP contribution is 2.25. The molecule has 1 aliphatic carbocycles. The molecule has 1 heterocycles. The first-order valence-electron chi connectivity index (χ1n) is 11.1. The second-order valence-electron chi connectivity index (χ2n) is 9.72. The van der Waals surface area contributed by atoms with Crippen molar-refractivity contribution < 1.29 is 14.3 Å². The van der Waals surface area contributed by atoms with Crippen molar-refractivity contribution in [3.63, 3.8) is 0 Å². The molecule has 5 nitrogen and oxygen atoms in total. The highest BCUT2D eigenvalue weighted by Gasteiger charge is 2.35. The Labute approximate surface area is 175 Å². The third kappa shape index (κ3) is 6.48. The number of ether oxygens (including phenoxy) is 1. The summed E-state index contributed by atoms with van der Waals surface area (Å²) in [7, 11) is 0. The van der Waals surface area contributed by atoms with Crippen molar-refractivity contribution in [3.8, 4) is 5.75 Å². The summed E-state index contributed by atoms with van der Waals surface area (Å²) in [6.07, 6.45) is 8.56. The number of rotatable bonds is 6. The Hall–Kier alpha value is -2.04. The van der Waals surface area contributed by atoms with Gasteiger partial charge in [0.15, 0.2) is 0 Å². The van der Waals surface area contributed by atoms with E-state index in [1.807, 2.05) is 24.3 Å². The Morgan fingerprint density at radius 3 is 2.38 bits per heavy atom. The van der Waals surface area contributed by atoms with Gasteiger partial charge in [0, 0.05) is 19.5 Å². The van der Waals surface area contributed by atoms with Crippen LogP contribution in [0.2, 0.25) is 0 Å². The number of hydrogen-bond acceptors (Lipinski definition) is 3.